The summed E-state index contributed by atoms with van der Waals surface area (Å²) in [6.07, 6.45) is 0.726. The molecule has 0 aliphatic carbocycles. The third-order valence-corrected chi connectivity index (χ3v) is 4.88. The number of nitrogens with one attached hydrogen (secondary N) is 1. The zero-order valence-electron chi connectivity index (χ0n) is 16.7. The molecule has 30 heavy (non-hydrogen) atoms. The van der Waals surface area contributed by atoms with Gasteiger partial charge < -0.3 is 25.0 Å². The minimum absolute atomic E-state index is 0.0122. The maximum absolute atomic E-state index is 14.2. The molecule has 1 fully saturated rings. The maximum Gasteiger partial charge on any atom is 0.254 e. The summed E-state index contributed by atoms with van der Waals surface area (Å²) < 4.78 is 38.8. The lowest BCUT2D eigenvalue weighted by molar-refractivity contribution is -0.130. The van der Waals surface area contributed by atoms with E-state index in [0.717, 1.165) is 6.07 Å². The summed E-state index contributed by atoms with van der Waals surface area (Å²) in [5.41, 5.74) is -0.105. The van der Waals surface area contributed by atoms with Gasteiger partial charge in [-0.2, -0.15) is 4.39 Å². The number of anilines is 1. The van der Waals surface area contributed by atoms with Crippen LogP contribution in [0.15, 0.2) is 24.5 Å². The van der Waals surface area contributed by atoms with E-state index in [0.29, 0.717) is 12.0 Å². The Kier molecular flexibility index (Phi) is 6.30. The van der Waals surface area contributed by atoms with E-state index < -0.39 is 47.9 Å². The monoisotopic (exact) mass is 423 g/mol. The van der Waals surface area contributed by atoms with Crippen molar-refractivity contribution in [3.05, 3.63) is 47.5 Å². The van der Waals surface area contributed by atoms with Gasteiger partial charge in [-0.15, -0.1) is 0 Å². The van der Waals surface area contributed by atoms with E-state index >= 15 is 0 Å². The molecule has 10 heteroatoms. The average Bonchev–Trinajstić information content (AvgIpc) is 3.05. The Balaban J connectivity index is 1.86. The van der Waals surface area contributed by atoms with Crippen LogP contribution in [0.2, 0.25) is 0 Å². The number of hydrogen-bond acceptors (Lipinski definition) is 7. The van der Waals surface area contributed by atoms with E-state index in [-0.39, 0.29) is 17.3 Å². The van der Waals surface area contributed by atoms with Crippen LogP contribution >= 0.6 is 0 Å². The molecule has 162 valence electrons. The molecule has 1 aliphatic rings. The number of methoxy groups -OCH3 is 1. The quantitative estimate of drug-likeness (QED) is 0.652. The number of ether oxygens (including phenoxy) is 2. The molecule has 1 saturated heterocycles. The van der Waals surface area contributed by atoms with Crippen LogP contribution in [0.5, 0.6) is 5.75 Å². The SMILES string of the molecule is COc1c([C@@H]2CC(C)(C)O[C@H]2C(=O)Nc2cnc([C@H](O)CO)nc2)ccc(F)c1F. The second-order valence-corrected chi connectivity index (χ2v) is 7.61. The molecule has 3 rings (SSSR count). The molecule has 1 amide bonds. The standard InChI is InChI=1S/C20H23F2N3O5/c1-20(2)6-12(11-4-5-13(21)15(22)16(11)29-3)17(30-20)19(28)25-10-7-23-18(24-8-10)14(27)9-26/h4-5,7-8,12,14,17,26-27H,6,9H2,1-3H3,(H,25,28)/t12-,14+,17+/m0/s1. The van der Waals surface area contributed by atoms with Gasteiger partial charge in [0.25, 0.3) is 5.91 Å². The Bertz CT molecular complexity index is 923. The van der Waals surface area contributed by atoms with Gasteiger partial charge in [0.2, 0.25) is 5.82 Å². The van der Waals surface area contributed by atoms with Crippen LogP contribution < -0.4 is 10.1 Å². The normalized spacial score (nSPS) is 21.3. The summed E-state index contributed by atoms with van der Waals surface area (Å²) in [7, 11) is 1.23. The molecule has 0 saturated carbocycles. The number of benzene rings is 1. The predicted octanol–water partition coefficient (Wildman–Crippen LogP) is 2.08. The van der Waals surface area contributed by atoms with Crippen LogP contribution in [0, 0.1) is 11.6 Å². The van der Waals surface area contributed by atoms with E-state index in [1.807, 2.05) is 0 Å². The van der Waals surface area contributed by atoms with Gasteiger partial charge in [0.05, 0.1) is 37.4 Å². The number of carbonyl (C=O) groups is 1. The Labute approximate surface area is 171 Å². The van der Waals surface area contributed by atoms with E-state index in [1.54, 1.807) is 13.8 Å². The first-order chi connectivity index (χ1) is 14.2. The van der Waals surface area contributed by atoms with Gasteiger partial charge in [-0.1, -0.05) is 6.07 Å². The Morgan fingerprint density at radius 1 is 1.37 bits per heavy atom. The lowest BCUT2D eigenvalue weighted by Crippen LogP contribution is -2.33. The first-order valence-corrected chi connectivity index (χ1v) is 9.28. The number of rotatable bonds is 6. The summed E-state index contributed by atoms with van der Waals surface area (Å²) in [4.78, 5) is 20.7. The van der Waals surface area contributed by atoms with Crippen LogP contribution in [0.3, 0.4) is 0 Å². The largest absolute Gasteiger partial charge is 0.493 e. The zero-order chi connectivity index (χ0) is 22.1. The first-order valence-electron chi connectivity index (χ1n) is 9.28. The van der Waals surface area contributed by atoms with Gasteiger partial charge in [0.1, 0.15) is 12.2 Å². The van der Waals surface area contributed by atoms with Crippen molar-refractivity contribution in [3.63, 3.8) is 0 Å². The minimum atomic E-state index is -1.22. The summed E-state index contributed by atoms with van der Waals surface area (Å²) in [5, 5.41) is 21.1. The van der Waals surface area contributed by atoms with E-state index in [9.17, 15) is 18.7 Å². The van der Waals surface area contributed by atoms with Crippen molar-refractivity contribution in [2.24, 2.45) is 0 Å². The van der Waals surface area contributed by atoms with E-state index in [4.69, 9.17) is 14.6 Å². The van der Waals surface area contributed by atoms with Gasteiger partial charge in [-0.05, 0) is 26.3 Å². The average molecular weight is 423 g/mol. The van der Waals surface area contributed by atoms with Gasteiger partial charge >= 0.3 is 0 Å². The third kappa shape index (κ3) is 4.40. The van der Waals surface area contributed by atoms with Crippen molar-refractivity contribution in [2.45, 2.75) is 44.0 Å². The minimum Gasteiger partial charge on any atom is -0.493 e. The topological polar surface area (TPSA) is 114 Å². The molecule has 8 nitrogen and oxygen atoms in total. The Hall–Kier alpha value is -2.69. The van der Waals surface area contributed by atoms with Crippen molar-refractivity contribution < 1.29 is 33.3 Å². The first kappa shape index (κ1) is 22.0. The van der Waals surface area contributed by atoms with Crippen molar-refractivity contribution in [1.29, 1.82) is 0 Å². The Morgan fingerprint density at radius 2 is 2.03 bits per heavy atom. The summed E-state index contributed by atoms with van der Waals surface area (Å²) in [6, 6.07) is 2.38. The lowest BCUT2D eigenvalue weighted by Gasteiger charge is -2.21. The third-order valence-electron chi connectivity index (χ3n) is 4.88. The molecule has 3 atom stereocenters. The van der Waals surface area contributed by atoms with E-state index in [2.05, 4.69) is 15.3 Å². The molecule has 3 N–H and O–H groups in total. The molecule has 1 aromatic carbocycles. The van der Waals surface area contributed by atoms with E-state index in [1.165, 1.54) is 25.6 Å². The van der Waals surface area contributed by atoms with Crippen molar-refractivity contribution >= 4 is 11.6 Å². The van der Waals surface area contributed by atoms with Crippen molar-refractivity contribution in [3.8, 4) is 5.75 Å². The molecule has 0 spiro atoms. The molecule has 0 unspecified atom stereocenters. The number of nitrogens with zero attached hydrogens (tertiary/aromatic N) is 2. The number of amides is 1. The number of halogens is 2. The van der Waals surface area contributed by atoms with Crippen LogP contribution in [0.4, 0.5) is 14.5 Å². The molecular formula is C20H23F2N3O5. The fraction of sp³-hybridized carbons (Fsp3) is 0.450. The van der Waals surface area contributed by atoms with Gasteiger partial charge in [-0.3, -0.25) is 4.79 Å². The maximum atomic E-state index is 14.2. The number of carbonyl (C=O) groups excluding carboxylic acids is 1. The van der Waals surface area contributed by atoms with Crippen LogP contribution in [-0.4, -0.2) is 51.5 Å². The van der Waals surface area contributed by atoms with Gasteiger partial charge in [0.15, 0.2) is 17.4 Å². The highest BCUT2D eigenvalue weighted by Gasteiger charge is 2.46. The number of aromatic nitrogens is 2. The van der Waals surface area contributed by atoms with Gasteiger partial charge in [0, 0.05) is 11.5 Å². The Morgan fingerprint density at radius 3 is 2.63 bits per heavy atom. The highest BCUT2D eigenvalue weighted by atomic mass is 19.2. The number of aliphatic hydroxyl groups excluding tert-OH is 2. The molecule has 1 aliphatic heterocycles. The number of hydrogen-bond donors (Lipinski definition) is 3. The molecule has 2 aromatic rings. The van der Waals surface area contributed by atoms with Crippen molar-refractivity contribution in [1.82, 2.24) is 9.97 Å². The molecule has 2 heterocycles. The summed E-state index contributed by atoms with van der Waals surface area (Å²) in [5.74, 6) is -3.51. The zero-order valence-corrected chi connectivity index (χ0v) is 16.7. The fourth-order valence-electron chi connectivity index (χ4n) is 3.54. The van der Waals surface area contributed by atoms with Crippen LogP contribution in [-0.2, 0) is 9.53 Å². The summed E-state index contributed by atoms with van der Waals surface area (Å²) in [6.45, 7) is 3.07. The highest BCUT2D eigenvalue weighted by Crippen LogP contribution is 2.45. The lowest BCUT2D eigenvalue weighted by atomic mass is 9.86. The van der Waals surface area contributed by atoms with Gasteiger partial charge in [-0.25, -0.2) is 14.4 Å². The second-order valence-electron chi connectivity index (χ2n) is 7.61. The number of aliphatic hydroxyl groups is 2. The molecule has 1 aromatic heterocycles. The van der Waals surface area contributed by atoms with Crippen molar-refractivity contribution in [2.75, 3.05) is 19.0 Å². The smallest absolute Gasteiger partial charge is 0.254 e. The molecule has 0 bridgehead atoms. The second kappa shape index (κ2) is 8.58. The van der Waals surface area contributed by atoms with Crippen LogP contribution in [0.25, 0.3) is 0 Å². The molecule has 0 radical (unpaired) electrons. The fourth-order valence-corrected chi connectivity index (χ4v) is 3.54. The predicted molar refractivity (Wildman–Crippen MR) is 102 cm³/mol. The summed E-state index contributed by atoms with van der Waals surface area (Å²) >= 11 is 0. The molecular weight excluding hydrogens is 400 g/mol. The van der Waals surface area contributed by atoms with Crippen LogP contribution in [0.1, 0.15) is 43.7 Å². The highest BCUT2D eigenvalue weighted by molar-refractivity contribution is 5.95.